The first kappa shape index (κ1) is 13.7. The van der Waals surface area contributed by atoms with Gasteiger partial charge in [0.05, 0.1) is 0 Å². The van der Waals surface area contributed by atoms with Gasteiger partial charge in [0.1, 0.15) is 0 Å². The first-order chi connectivity index (χ1) is 9.07. The standard InChI is InChI=1S/C16H22N2O/c1-4-13(2)17-15(19)18(3)12-16(10-11-16)14-8-6-5-7-9-14/h4-9,13H,1,10-12H2,2-3H3,(H,17,19). The van der Waals surface area contributed by atoms with Gasteiger partial charge in [-0.15, -0.1) is 6.58 Å². The first-order valence-corrected chi connectivity index (χ1v) is 6.77. The van der Waals surface area contributed by atoms with Crippen molar-refractivity contribution in [2.45, 2.75) is 31.2 Å². The number of hydrogen-bond donors (Lipinski definition) is 1. The molecule has 0 heterocycles. The van der Waals surface area contributed by atoms with E-state index in [2.05, 4.69) is 36.2 Å². The first-order valence-electron chi connectivity index (χ1n) is 6.77. The fourth-order valence-corrected chi connectivity index (χ4v) is 2.37. The highest BCUT2D eigenvalue weighted by atomic mass is 16.2. The highest BCUT2D eigenvalue weighted by molar-refractivity contribution is 5.74. The average molecular weight is 258 g/mol. The Labute approximate surface area is 115 Å². The molecule has 2 amide bonds. The normalized spacial score (nSPS) is 17.4. The van der Waals surface area contributed by atoms with E-state index in [1.165, 1.54) is 5.56 Å². The number of rotatable bonds is 5. The maximum atomic E-state index is 12.0. The summed E-state index contributed by atoms with van der Waals surface area (Å²) in [6, 6.07) is 10.4. The molecular weight excluding hydrogens is 236 g/mol. The van der Waals surface area contributed by atoms with Crippen LogP contribution in [0.2, 0.25) is 0 Å². The van der Waals surface area contributed by atoms with Crippen LogP contribution in [-0.2, 0) is 5.41 Å². The topological polar surface area (TPSA) is 32.3 Å². The summed E-state index contributed by atoms with van der Waals surface area (Å²) < 4.78 is 0. The van der Waals surface area contributed by atoms with Crippen LogP contribution in [0.1, 0.15) is 25.3 Å². The van der Waals surface area contributed by atoms with Crippen molar-refractivity contribution in [1.29, 1.82) is 0 Å². The maximum absolute atomic E-state index is 12.0. The van der Waals surface area contributed by atoms with Crippen molar-refractivity contribution in [1.82, 2.24) is 10.2 Å². The molecule has 3 heteroatoms. The van der Waals surface area contributed by atoms with Crippen LogP contribution in [0, 0.1) is 0 Å². The zero-order valence-corrected chi connectivity index (χ0v) is 11.7. The van der Waals surface area contributed by atoms with Crippen molar-refractivity contribution in [3.05, 3.63) is 48.6 Å². The number of carbonyl (C=O) groups is 1. The minimum Gasteiger partial charge on any atom is -0.332 e. The molecule has 1 fully saturated rings. The number of carbonyl (C=O) groups excluding carboxylic acids is 1. The van der Waals surface area contributed by atoms with Crippen LogP contribution < -0.4 is 5.32 Å². The van der Waals surface area contributed by atoms with E-state index in [1.807, 2.05) is 20.0 Å². The quantitative estimate of drug-likeness (QED) is 0.809. The lowest BCUT2D eigenvalue weighted by molar-refractivity contribution is 0.203. The smallest absolute Gasteiger partial charge is 0.317 e. The Morgan fingerprint density at radius 2 is 2.11 bits per heavy atom. The number of amides is 2. The van der Waals surface area contributed by atoms with Gasteiger partial charge in [0.15, 0.2) is 0 Å². The molecule has 0 radical (unpaired) electrons. The molecule has 1 aromatic rings. The molecule has 2 rings (SSSR count). The third-order valence-electron chi connectivity index (χ3n) is 3.83. The summed E-state index contributed by atoms with van der Waals surface area (Å²) in [5.41, 5.74) is 1.51. The van der Waals surface area contributed by atoms with Gasteiger partial charge < -0.3 is 10.2 Å². The molecular formula is C16H22N2O. The van der Waals surface area contributed by atoms with Gasteiger partial charge in [-0.2, -0.15) is 0 Å². The summed E-state index contributed by atoms with van der Waals surface area (Å²) in [6.45, 7) is 6.36. The van der Waals surface area contributed by atoms with Crippen LogP contribution in [0.3, 0.4) is 0 Å². The van der Waals surface area contributed by atoms with Crippen LogP contribution in [0.25, 0.3) is 0 Å². The number of nitrogens with zero attached hydrogens (tertiary/aromatic N) is 1. The number of hydrogen-bond acceptors (Lipinski definition) is 1. The minimum absolute atomic E-state index is 0.00169. The van der Waals surface area contributed by atoms with Gasteiger partial charge in [-0.3, -0.25) is 0 Å². The molecule has 102 valence electrons. The molecule has 0 spiro atoms. The molecule has 0 bridgehead atoms. The molecule has 1 aliphatic carbocycles. The molecule has 1 unspecified atom stereocenters. The Balaban J connectivity index is 1.97. The van der Waals surface area contributed by atoms with E-state index in [1.54, 1.807) is 11.0 Å². The molecule has 0 saturated heterocycles. The Kier molecular flexibility index (Phi) is 3.93. The predicted molar refractivity (Wildman–Crippen MR) is 78.2 cm³/mol. The third kappa shape index (κ3) is 3.16. The van der Waals surface area contributed by atoms with E-state index < -0.39 is 0 Å². The summed E-state index contributed by atoms with van der Waals surface area (Å²) in [4.78, 5) is 13.8. The van der Waals surface area contributed by atoms with Gasteiger partial charge in [-0.1, -0.05) is 36.4 Å². The second-order valence-corrected chi connectivity index (χ2v) is 5.48. The highest BCUT2D eigenvalue weighted by Crippen LogP contribution is 2.48. The lowest BCUT2D eigenvalue weighted by atomic mass is 9.95. The molecule has 19 heavy (non-hydrogen) atoms. The zero-order valence-electron chi connectivity index (χ0n) is 11.7. The van der Waals surface area contributed by atoms with E-state index >= 15 is 0 Å². The average Bonchev–Trinajstić information content (AvgIpc) is 3.20. The van der Waals surface area contributed by atoms with E-state index in [-0.39, 0.29) is 17.5 Å². The summed E-state index contributed by atoms with van der Waals surface area (Å²) in [5, 5.41) is 2.90. The van der Waals surface area contributed by atoms with Crippen molar-refractivity contribution in [2.24, 2.45) is 0 Å². The lowest BCUT2D eigenvalue weighted by Gasteiger charge is -2.25. The second kappa shape index (κ2) is 5.47. The minimum atomic E-state index is -0.0328. The number of nitrogens with one attached hydrogen (secondary N) is 1. The number of likely N-dealkylation sites (N-methyl/N-ethyl adjacent to an activating group) is 1. The predicted octanol–water partition coefficient (Wildman–Crippen LogP) is 2.93. The zero-order chi connectivity index (χ0) is 13.9. The van der Waals surface area contributed by atoms with Crippen molar-refractivity contribution < 1.29 is 4.79 Å². The van der Waals surface area contributed by atoms with E-state index in [9.17, 15) is 4.79 Å². The van der Waals surface area contributed by atoms with Crippen LogP contribution >= 0.6 is 0 Å². The molecule has 1 N–H and O–H groups in total. The van der Waals surface area contributed by atoms with Gasteiger partial charge >= 0.3 is 6.03 Å². The second-order valence-electron chi connectivity index (χ2n) is 5.48. The highest BCUT2D eigenvalue weighted by Gasteiger charge is 2.45. The van der Waals surface area contributed by atoms with Crippen LogP contribution in [0.15, 0.2) is 43.0 Å². The SMILES string of the molecule is C=CC(C)NC(=O)N(C)CC1(c2ccccc2)CC1. The number of benzene rings is 1. The maximum Gasteiger partial charge on any atom is 0.317 e. The largest absolute Gasteiger partial charge is 0.332 e. The van der Waals surface area contributed by atoms with Crippen molar-refractivity contribution in [3.8, 4) is 0 Å². The van der Waals surface area contributed by atoms with E-state index in [4.69, 9.17) is 0 Å². The summed E-state index contributed by atoms with van der Waals surface area (Å²) in [7, 11) is 1.86. The van der Waals surface area contributed by atoms with Gasteiger partial charge in [-0.05, 0) is 25.3 Å². The number of urea groups is 1. The van der Waals surface area contributed by atoms with E-state index in [0.717, 1.165) is 19.4 Å². The Hall–Kier alpha value is -1.77. The van der Waals surface area contributed by atoms with Gasteiger partial charge in [0.2, 0.25) is 0 Å². The summed E-state index contributed by atoms with van der Waals surface area (Å²) in [5.74, 6) is 0. The van der Waals surface area contributed by atoms with Gasteiger partial charge in [0, 0.05) is 25.0 Å². The molecule has 0 aliphatic heterocycles. The summed E-state index contributed by atoms with van der Waals surface area (Å²) in [6.07, 6.45) is 4.05. The molecule has 0 aromatic heterocycles. The molecule has 1 atom stereocenters. The van der Waals surface area contributed by atoms with Gasteiger partial charge in [0.25, 0.3) is 0 Å². The fraction of sp³-hybridized carbons (Fsp3) is 0.438. The monoisotopic (exact) mass is 258 g/mol. The molecule has 1 aromatic carbocycles. The van der Waals surface area contributed by atoms with Crippen LogP contribution in [-0.4, -0.2) is 30.6 Å². The third-order valence-corrected chi connectivity index (χ3v) is 3.83. The van der Waals surface area contributed by atoms with Crippen LogP contribution in [0.5, 0.6) is 0 Å². The van der Waals surface area contributed by atoms with Crippen molar-refractivity contribution >= 4 is 6.03 Å². The van der Waals surface area contributed by atoms with Gasteiger partial charge in [-0.25, -0.2) is 4.79 Å². The Morgan fingerprint density at radius 3 is 2.63 bits per heavy atom. The van der Waals surface area contributed by atoms with Crippen molar-refractivity contribution in [2.75, 3.05) is 13.6 Å². The molecule has 3 nitrogen and oxygen atoms in total. The lowest BCUT2D eigenvalue weighted by Crippen LogP contribution is -2.44. The summed E-state index contributed by atoms with van der Waals surface area (Å²) >= 11 is 0. The Morgan fingerprint density at radius 1 is 1.47 bits per heavy atom. The Bertz CT molecular complexity index is 451. The molecule has 1 saturated carbocycles. The van der Waals surface area contributed by atoms with Crippen LogP contribution in [0.4, 0.5) is 4.79 Å². The fourth-order valence-electron chi connectivity index (χ4n) is 2.37. The van der Waals surface area contributed by atoms with E-state index in [0.29, 0.717) is 0 Å². The molecule has 1 aliphatic rings. The van der Waals surface area contributed by atoms with Crippen molar-refractivity contribution in [3.63, 3.8) is 0 Å².